The highest BCUT2D eigenvalue weighted by atomic mass is 16.3. The fourth-order valence-electron chi connectivity index (χ4n) is 3.56. The molecule has 2 aromatic carbocycles. The molecule has 3 rings (SSSR count). The molecule has 0 aromatic heterocycles. The van der Waals surface area contributed by atoms with Gasteiger partial charge in [0.25, 0.3) is 0 Å². The molecule has 4 nitrogen and oxygen atoms in total. The van der Waals surface area contributed by atoms with E-state index < -0.39 is 0 Å². The Kier molecular flexibility index (Phi) is 5.27. The third-order valence-corrected chi connectivity index (χ3v) is 4.79. The van der Waals surface area contributed by atoms with E-state index in [0.29, 0.717) is 0 Å². The van der Waals surface area contributed by atoms with Gasteiger partial charge in [-0.3, -0.25) is 0 Å². The van der Waals surface area contributed by atoms with E-state index in [9.17, 15) is 9.90 Å². The number of aryl methyl sites for hydroxylation is 1. The highest BCUT2D eigenvalue weighted by Crippen LogP contribution is 2.32. The summed E-state index contributed by atoms with van der Waals surface area (Å²) in [5.41, 5.74) is 3.55. The zero-order chi connectivity index (χ0) is 17.8. The molecule has 1 aliphatic heterocycles. The topological polar surface area (TPSA) is 52.6 Å². The molecule has 1 aliphatic rings. The normalized spacial score (nSPS) is 18.2. The molecular formula is C21H26N2O2. The van der Waals surface area contributed by atoms with Crippen LogP contribution in [-0.4, -0.2) is 28.6 Å². The van der Waals surface area contributed by atoms with Crippen molar-refractivity contribution in [1.82, 2.24) is 10.2 Å². The lowest BCUT2D eigenvalue weighted by atomic mass is 10.0. The van der Waals surface area contributed by atoms with Crippen molar-refractivity contribution < 1.29 is 9.90 Å². The van der Waals surface area contributed by atoms with Crippen molar-refractivity contribution in [2.45, 2.75) is 45.2 Å². The fourth-order valence-corrected chi connectivity index (χ4v) is 3.56. The van der Waals surface area contributed by atoms with Crippen molar-refractivity contribution in [3.8, 4) is 5.75 Å². The minimum absolute atomic E-state index is 0.00952. The number of nitrogens with zero attached hydrogens (tertiary/aromatic N) is 1. The Labute approximate surface area is 149 Å². The Hall–Kier alpha value is -2.49. The molecule has 1 saturated heterocycles. The van der Waals surface area contributed by atoms with E-state index in [-0.39, 0.29) is 23.9 Å². The van der Waals surface area contributed by atoms with E-state index >= 15 is 0 Å². The highest BCUT2D eigenvalue weighted by Gasteiger charge is 2.30. The molecule has 2 N–H and O–H groups in total. The molecule has 2 amide bonds. The predicted molar refractivity (Wildman–Crippen MR) is 99.7 cm³/mol. The van der Waals surface area contributed by atoms with Gasteiger partial charge in [0, 0.05) is 12.6 Å². The number of urea groups is 1. The van der Waals surface area contributed by atoms with Crippen LogP contribution in [-0.2, 0) is 6.42 Å². The largest absolute Gasteiger partial charge is 0.508 e. The summed E-state index contributed by atoms with van der Waals surface area (Å²) in [6.45, 7) is 4.90. The van der Waals surface area contributed by atoms with Crippen molar-refractivity contribution in [2.24, 2.45) is 0 Å². The average Bonchev–Trinajstić information content (AvgIpc) is 3.07. The lowest BCUT2D eigenvalue weighted by Crippen LogP contribution is -2.44. The van der Waals surface area contributed by atoms with Gasteiger partial charge in [-0.1, -0.05) is 42.0 Å². The summed E-state index contributed by atoms with van der Waals surface area (Å²) in [7, 11) is 0. The molecule has 1 fully saturated rings. The molecule has 25 heavy (non-hydrogen) atoms. The Morgan fingerprint density at radius 1 is 1.28 bits per heavy atom. The number of hydrogen-bond donors (Lipinski definition) is 2. The number of carbonyl (C=O) groups is 1. The van der Waals surface area contributed by atoms with Crippen LogP contribution in [0.25, 0.3) is 0 Å². The molecule has 2 atom stereocenters. The zero-order valence-corrected chi connectivity index (χ0v) is 14.9. The average molecular weight is 338 g/mol. The maximum absolute atomic E-state index is 12.7. The molecule has 2 aromatic rings. The van der Waals surface area contributed by atoms with Gasteiger partial charge < -0.3 is 15.3 Å². The van der Waals surface area contributed by atoms with Gasteiger partial charge in [0.1, 0.15) is 5.75 Å². The third-order valence-electron chi connectivity index (χ3n) is 4.79. The Morgan fingerprint density at radius 2 is 2.04 bits per heavy atom. The van der Waals surface area contributed by atoms with Gasteiger partial charge in [-0.25, -0.2) is 4.79 Å². The zero-order valence-electron chi connectivity index (χ0n) is 14.9. The molecule has 0 unspecified atom stereocenters. The molecule has 0 spiro atoms. The number of carbonyl (C=O) groups excluding carboxylic acids is 1. The first-order chi connectivity index (χ1) is 12.0. The van der Waals surface area contributed by atoms with E-state index in [1.807, 2.05) is 24.0 Å². The summed E-state index contributed by atoms with van der Waals surface area (Å²) in [5.74, 6) is 0.263. The minimum Gasteiger partial charge on any atom is -0.508 e. The van der Waals surface area contributed by atoms with Gasteiger partial charge in [-0.2, -0.15) is 0 Å². The molecule has 0 saturated carbocycles. The van der Waals surface area contributed by atoms with Crippen LogP contribution >= 0.6 is 0 Å². The number of rotatable bonds is 4. The van der Waals surface area contributed by atoms with Crippen molar-refractivity contribution in [2.75, 3.05) is 6.54 Å². The van der Waals surface area contributed by atoms with Crippen LogP contribution in [0.4, 0.5) is 4.79 Å². The first-order valence-corrected chi connectivity index (χ1v) is 8.94. The molecule has 0 bridgehead atoms. The van der Waals surface area contributed by atoms with Gasteiger partial charge in [0.2, 0.25) is 0 Å². The second kappa shape index (κ2) is 7.60. The molecule has 0 aliphatic carbocycles. The smallest absolute Gasteiger partial charge is 0.318 e. The lowest BCUT2D eigenvalue weighted by Gasteiger charge is -2.27. The quantitative estimate of drug-likeness (QED) is 0.879. The van der Waals surface area contributed by atoms with E-state index in [2.05, 4.69) is 36.5 Å². The Balaban J connectivity index is 1.62. The van der Waals surface area contributed by atoms with Crippen LogP contribution in [0.5, 0.6) is 5.75 Å². The predicted octanol–water partition coefficient (Wildman–Crippen LogP) is 4.18. The minimum atomic E-state index is 0.00952. The number of nitrogens with one attached hydrogen (secondary N) is 1. The first-order valence-electron chi connectivity index (χ1n) is 8.94. The summed E-state index contributed by atoms with van der Waals surface area (Å²) < 4.78 is 0. The van der Waals surface area contributed by atoms with E-state index in [1.165, 1.54) is 11.1 Å². The van der Waals surface area contributed by atoms with Crippen LogP contribution in [0.3, 0.4) is 0 Å². The van der Waals surface area contributed by atoms with Crippen LogP contribution in [0.2, 0.25) is 0 Å². The number of aromatic hydroxyl groups is 1. The number of amides is 2. The van der Waals surface area contributed by atoms with Crippen molar-refractivity contribution >= 4 is 6.03 Å². The van der Waals surface area contributed by atoms with Crippen LogP contribution in [0, 0.1) is 6.92 Å². The standard InChI is InChI=1S/C21H26N2O2/c1-15-5-3-6-18(13-15)20-7-4-12-23(20)21(25)22-16(2)14-17-8-10-19(24)11-9-17/h3,5-6,8-11,13,16,20,24H,4,7,12,14H2,1-2H3,(H,22,25)/t16-,20-/m0/s1. The summed E-state index contributed by atoms with van der Waals surface area (Å²) in [5, 5.41) is 12.5. The van der Waals surface area contributed by atoms with E-state index in [4.69, 9.17) is 0 Å². The summed E-state index contributed by atoms with van der Waals surface area (Å²) in [6.07, 6.45) is 2.80. The molecular weight excluding hydrogens is 312 g/mol. The second-order valence-electron chi connectivity index (χ2n) is 6.99. The fraction of sp³-hybridized carbons (Fsp3) is 0.381. The molecule has 132 valence electrons. The molecule has 4 heteroatoms. The van der Waals surface area contributed by atoms with Crippen LogP contribution in [0.15, 0.2) is 48.5 Å². The van der Waals surface area contributed by atoms with Crippen LogP contribution < -0.4 is 5.32 Å². The number of hydrogen-bond acceptors (Lipinski definition) is 2. The Bertz CT molecular complexity index is 727. The molecule has 0 radical (unpaired) electrons. The number of benzene rings is 2. The van der Waals surface area contributed by atoms with Crippen molar-refractivity contribution in [3.05, 3.63) is 65.2 Å². The summed E-state index contributed by atoms with van der Waals surface area (Å²) in [4.78, 5) is 14.7. The Morgan fingerprint density at radius 3 is 2.76 bits per heavy atom. The monoisotopic (exact) mass is 338 g/mol. The summed E-state index contributed by atoms with van der Waals surface area (Å²) in [6, 6.07) is 15.8. The van der Waals surface area contributed by atoms with Crippen molar-refractivity contribution in [1.29, 1.82) is 0 Å². The number of phenols is 1. The van der Waals surface area contributed by atoms with E-state index in [0.717, 1.165) is 31.4 Å². The SMILES string of the molecule is Cc1cccc([C@@H]2CCCN2C(=O)N[C@@H](C)Cc2ccc(O)cc2)c1. The molecule has 1 heterocycles. The lowest BCUT2D eigenvalue weighted by molar-refractivity contribution is 0.189. The first kappa shape index (κ1) is 17.3. The maximum atomic E-state index is 12.7. The third kappa shape index (κ3) is 4.32. The number of phenolic OH excluding ortho intramolecular Hbond substituents is 1. The van der Waals surface area contributed by atoms with E-state index in [1.54, 1.807) is 12.1 Å². The van der Waals surface area contributed by atoms with Crippen molar-refractivity contribution in [3.63, 3.8) is 0 Å². The van der Waals surface area contributed by atoms with Gasteiger partial charge in [0.15, 0.2) is 0 Å². The summed E-state index contributed by atoms with van der Waals surface area (Å²) >= 11 is 0. The second-order valence-corrected chi connectivity index (χ2v) is 6.99. The van der Waals surface area contributed by atoms with Gasteiger partial charge in [-0.05, 0) is 56.4 Å². The maximum Gasteiger partial charge on any atom is 0.318 e. The van der Waals surface area contributed by atoms with Crippen LogP contribution in [0.1, 0.15) is 42.5 Å². The van der Waals surface area contributed by atoms with Gasteiger partial charge in [0.05, 0.1) is 6.04 Å². The van der Waals surface area contributed by atoms with Gasteiger partial charge >= 0.3 is 6.03 Å². The highest BCUT2D eigenvalue weighted by molar-refractivity contribution is 5.75. The number of likely N-dealkylation sites (tertiary alicyclic amines) is 1. The van der Waals surface area contributed by atoms with Gasteiger partial charge in [-0.15, -0.1) is 0 Å².